The number of nitrogens with one attached hydrogen (secondary N) is 3. The lowest BCUT2D eigenvalue weighted by molar-refractivity contribution is -0.135. The highest BCUT2D eigenvalue weighted by Crippen LogP contribution is 2.33. The van der Waals surface area contributed by atoms with E-state index in [0.29, 0.717) is 16.0 Å². The van der Waals surface area contributed by atoms with E-state index in [2.05, 4.69) is 5.32 Å². The average molecular weight is 461 g/mol. The van der Waals surface area contributed by atoms with Crippen LogP contribution in [0.3, 0.4) is 0 Å². The molecule has 0 atom stereocenters. The van der Waals surface area contributed by atoms with Crippen molar-refractivity contribution in [2.45, 2.75) is 44.8 Å². The quantitative estimate of drug-likeness (QED) is 0.407. The molecule has 7 nitrogen and oxygen atoms in total. The van der Waals surface area contributed by atoms with Gasteiger partial charge in [-0.15, -0.1) is 0 Å². The summed E-state index contributed by atoms with van der Waals surface area (Å²) in [6.45, 7) is 0.928. The standard InChI is InChI=1S/C23H26F3N5O2/c1-2-15-3-5-16(6-4-15)21(28)31(12-10-23(24,25)26)22(33)29-14-19(27)17-9-11-30(18-7-8-18)20(32)13-17/h3-6,9,11,13,18,27-28H,2,7-8,10,12,14H2,1H3,(H,29,33). The molecule has 1 aliphatic carbocycles. The molecular weight excluding hydrogens is 435 g/mol. The Labute approximate surface area is 189 Å². The Kier molecular flexibility index (Phi) is 7.35. The van der Waals surface area contributed by atoms with E-state index in [4.69, 9.17) is 10.8 Å². The van der Waals surface area contributed by atoms with Crippen LogP contribution in [0.15, 0.2) is 47.4 Å². The molecule has 3 rings (SSSR count). The molecule has 10 heteroatoms. The number of halogens is 3. The second kappa shape index (κ2) is 10.0. The Balaban J connectivity index is 1.69. The SMILES string of the molecule is CCc1ccc(C(=N)N(CCC(F)(F)F)C(=O)NCC(=N)c2ccn(C3CC3)c(=O)c2)cc1. The van der Waals surface area contributed by atoms with Crippen LogP contribution in [-0.4, -0.2) is 46.3 Å². The van der Waals surface area contributed by atoms with Crippen molar-refractivity contribution in [2.24, 2.45) is 0 Å². The number of amides is 2. The fraction of sp³-hybridized carbons (Fsp3) is 0.391. The maximum Gasteiger partial charge on any atom is 0.390 e. The van der Waals surface area contributed by atoms with Crippen molar-refractivity contribution in [1.82, 2.24) is 14.8 Å². The monoisotopic (exact) mass is 461 g/mol. The molecule has 0 aliphatic heterocycles. The second-order valence-electron chi connectivity index (χ2n) is 7.95. The van der Waals surface area contributed by atoms with Gasteiger partial charge in [0.05, 0.1) is 18.7 Å². The predicted octanol–water partition coefficient (Wildman–Crippen LogP) is 4.10. The maximum atomic E-state index is 12.8. The summed E-state index contributed by atoms with van der Waals surface area (Å²) in [6.07, 6.45) is -1.52. The van der Waals surface area contributed by atoms with Crippen LogP contribution in [0.5, 0.6) is 0 Å². The number of urea groups is 1. The second-order valence-corrected chi connectivity index (χ2v) is 7.95. The van der Waals surface area contributed by atoms with Gasteiger partial charge in [-0.1, -0.05) is 31.2 Å². The van der Waals surface area contributed by atoms with Crippen LogP contribution < -0.4 is 10.9 Å². The Morgan fingerprint density at radius 3 is 2.36 bits per heavy atom. The molecule has 176 valence electrons. The number of aromatic nitrogens is 1. The molecule has 2 aromatic rings. The van der Waals surface area contributed by atoms with E-state index in [1.165, 1.54) is 6.07 Å². The zero-order chi connectivity index (χ0) is 24.2. The summed E-state index contributed by atoms with van der Waals surface area (Å²) in [5, 5.41) is 18.9. The van der Waals surface area contributed by atoms with Gasteiger partial charge in [-0.05, 0) is 30.9 Å². The predicted molar refractivity (Wildman–Crippen MR) is 119 cm³/mol. The van der Waals surface area contributed by atoms with Crippen LogP contribution >= 0.6 is 0 Å². The summed E-state index contributed by atoms with van der Waals surface area (Å²) in [6, 6.07) is 8.88. The molecule has 1 aliphatic rings. The lowest BCUT2D eigenvalue weighted by atomic mass is 10.1. The zero-order valence-electron chi connectivity index (χ0n) is 18.2. The molecule has 0 spiro atoms. The van der Waals surface area contributed by atoms with Gasteiger partial charge in [0.2, 0.25) is 0 Å². The van der Waals surface area contributed by atoms with Crippen molar-refractivity contribution in [2.75, 3.05) is 13.1 Å². The van der Waals surface area contributed by atoms with E-state index < -0.39 is 25.2 Å². The van der Waals surface area contributed by atoms with Gasteiger partial charge in [0.15, 0.2) is 0 Å². The van der Waals surface area contributed by atoms with E-state index >= 15 is 0 Å². The third kappa shape index (κ3) is 6.53. The van der Waals surface area contributed by atoms with Crippen LogP contribution in [0.25, 0.3) is 0 Å². The molecule has 33 heavy (non-hydrogen) atoms. The number of hydrogen-bond donors (Lipinski definition) is 3. The topological polar surface area (TPSA) is 102 Å². The third-order valence-electron chi connectivity index (χ3n) is 5.42. The van der Waals surface area contributed by atoms with Crippen LogP contribution in [0.4, 0.5) is 18.0 Å². The van der Waals surface area contributed by atoms with Gasteiger partial charge in [-0.3, -0.25) is 15.1 Å². The van der Waals surface area contributed by atoms with Crippen molar-refractivity contribution in [1.29, 1.82) is 10.8 Å². The molecule has 1 fully saturated rings. The molecule has 1 aromatic carbocycles. The fourth-order valence-corrected chi connectivity index (χ4v) is 3.30. The molecule has 1 aromatic heterocycles. The molecule has 1 saturated carbocycles. The van der Waals surface area contributed by atoms with Crippen LogP contribution in [0.1, 0.15) is 48.9 Å². The largest absolute Gasteiger partial charge is 0.390 e. The van der Waals surface area contributed by atoms with Crippen molar-refractivity contribution >= 4 is 17.6 Å². The van der Waals surface area contributed by atoms with E-state index in [-0.39, 0.29) is 29.7 Å². The number of carbonyl (C=O) groups is 1. The number of nitrogens with zero attached hydrogens (tertiary/aromatic N) is 2. The van der Waals surface area contributed by atoms with Gasteiger partial charge in [0, 0.05) is 36.0 Å². The van der Waals surface area contributed by atoms with Gasteiger partial charge in [-0.2, -0.15) is 13.2 Å². The van der Waals surface area contributed by atoms with Crippen LogP contribution in [0.2, 0.25) is 0 Å². The number of amidine groups is 1. The summed E-state index contributed by atoms with van der Waals surface area (Å²) in [5.41, 5.74) is 1.33. The van der Waals surface area contributed by atoms with E-state index in [9.17, 15) is 22.8 Å². The fourth-order valence-electron chi connectivity index (χ4n) is 3.30. The first kappa shape index (κ1) is 24.2. The van der Waals surface area contributed by atoms with E-state index in [1.54, 1.807) is 41.1 Å². The van der Waals surface area contributed by atoms with Gasteiger partial charge in [0.25, 0.3) is 5.56 Å². The number of alkyl halides is 3. The first-order valence-corrected chi connectivity index (χ1v) is 10.7. The Morgan fingerprint density at radius 1 is 1.15 bits per heavy atom. The van der Waals surface area contributed by atoms with Gasteiger partial charge >= 0.3 is 12.2 Å². The number of aryl methyl sites for hydroxylation is 1. The van der Waals surface area contributed by atoms with Gasteiger partial charge in [0.1, 0.15) is 5.84 Å². The maximum absolute atomic E-state index is 12.8. The third-order valence-corrected chi connectivity index (χ3v) is 5.42. The molecule has 3 N–H and O–H groups in total. The molecule has 0 radical (unpaired) electrons. The van der Waals surface area contributed by atoms with Crippen molar-refractivity contribution in [3.05, 3.63) is 69.6 Å². The molecular formula is C23H26F3N5O2. The number of benzene rings is 1. The summed E-state index contributed by atoms with van der Waals surface area (Å²) < 4.78 is 40.0. The summed E-state index contributed by atoms with van der Waals surface area (Å²) in [4.78, 5) is 25.6. The van der Waals surface area contributed by atoms with E-state index in [0.717, 1.165) is 24.8 Å². The molecule has 0 saturated heterocycles. The average Bonchev–Trinajstić information content (AvgIpc) is 3.61. The van der Waals surface area contributed by atoms with Crippen molar-refractivity contribution < 1.29 is 18.0 Å². The van der Waals surface area contributed by atoms with E-state index in [1.807, 2.05) is 6.92 Å². The summed E-state index contributed by atoms with van der Waals surface area (Å²) >= 11 is 0. The molecule has 0 unspecified atom stereocenters. The lowest BCUT2D eigenvalue weighted by Gasteiger charge is -2.24. The first-order valence-electron chi connectivity index (χ1n) is 10.7. The zero-order valence-corrected chi connectivity index (χ0v) is 18.2. The highest BCUT2D eigenvalue weighted by Gasteiger charge is 2.31. The molecule has 1 heterocycles. The highest BCUT2D eigenvalue weighted by atomic mass is 19.4. The highest BCUT2D eigenvalue weighted by molar-refractivity contribution is 6.07. The number of carbonyl (C=O) groups excluding carboxylic acids is 1. The number of rotatable bonds is 8. The number of pyridine rings is 1. The molecule has 0 bridgehead atoms. The van der Waals surface area contributed by atoms with Gasteiger partial charge in [-0.25, -0.2) is 4.79 Å². The van der Waals surface area contributed by atoms with Gasteiger partial charge < -0.3 is 15.3 Å². The van der Waals surface area contributed by atoms with Crippen molar-refractivity contribution in [3.63, 3.8) is 0 Å². The number of hydrogen-bond acceptors (Lipinski definition) is 4. The molecule has 2 amide bonds. The Hall–Kier alpha value is -3.43. The van der Waals surface area contributed by atoms with Crippen LogP contribution in [0, 0.1) is 10.8 Å². The van der Waals surface area contributed by atoms with Crippen molar-refractivity contribution in [3.8, 4) is 0 Å². The summed E-state index contributed by atoms with van der Waals surface area (Å²) in [5.74, 6) is -0.363. The Morgan fingerprint density at radius 2 is 1.82 bits per heavy atom. The minimum absolute atomic E-state index is 0.0574. The van der Waals surface area contributed by atoms with Crippen LogP contribution in [-0.2, 0) is 6.42 Å². The minimum atomic E-state index is -4.50. The smallest absolute Gasteiger partial charge is 0.332 e. The summed E-state index contributed by atoms with van der Waals surface area (Å²) in [7, 11) is 0. The Bertz CT molecular complexity index is 1090. The minimum Gasteiger partial charge on any atom is -0.332 e. The first-order chi connectivity index (χ1) is 15.6. The lowest BCUT2D eigenvalue weighted by Crippen LogP contribution is -2.46. The normalized spacial score (nSPS) is 13.5.